The third-order valence-corrected chi connectivity index (χ3v) is 6.13. The van der Waals surface area contributed by atoms with E-state index in [1.165, 1.54) is 12.1 Å². The monoisotopic (exact) mass is 425 g/mol. The van der Waals surface area contributed by atoms with Crippen LogP contribution in [0.25, 0.3) is 0 Å². The minimum Gasteiger partial charge on any atom is -0.495 e. The third-order valence-electron chi connectivity index (χ3n) is 6.13. The molecule has 0 spiro atoms. The zero-order valence-corrected chi connectivity index (χ0v) is 17.8. The van der Waals surface area contributed by atoms with Crippen molar-refractivity contribution in [1.29, 1.82) is 0 Å². The molecule has 2 amide bonds. The Labute approximate surface area is 182 Å². The van der Waals surface area contributed by atoms with Gasteiger partial charge in [-0.15, -0.1) is 0 Å². The largest absolute Gasteiger partial charge is 0.495 e. The zero-order chi connectivity index (χ0) is 21.8. The summed E-state index contributed by atoms with van der Waals surface area (Å²) in [6, 6.07) is 13.6. The van der Waals surface area contributed by atoms with E-state index in [1.807, 2.05) is 29.2 Å². The van der Waals surface area contributed by atoms with Crippen molar-refractivity contribution < 1.29 is 18.7 Å². The van der Waals surface area contributed by atoms with Gasteiger partial charge in [-0.3, -0.25) is 9.59 Å². The fourth-order valence-corrected chi connectivity index (χ4v) is 4.43. The van der Waals surface area contributed by atoms with E-state index < -0.39 is 6.04 Å². The van der Waals surface area contributed by atoms with Crippen LogP contribution in [0.1, 0.15) is 24.8 Å². The van der Waals surface area contributed by atoms with E-state index in [0.29, 0.717) is 45.6 Å². The first-order chi connectivity index (χ1) is 15.1. The van der Waals surface area contributed by atoms with Crippen LogP contribution in [0.3, 0.4) is 0 Å². The predicted octanol–water partition coefficient (Wildman–Crippen LogP) is 3.06. The lowest BCUT2D eigenvalue weighted by Crippen LogP contribution is -2.57. The number of hydrogen-bond donors (Lipinski definition) is 0. The highest BCUT2D eigenvalue weighted by atomic mass is 19.1. The predicted molar refractivity (Wildman–Crippen MR) is 116 cm³/mol. The smallest absolute Gasteiger partial charge is 0.245 e. The lowest BCUT2D eigenvalue weighted by molar-refractivity contribution is -0.149. The van der Waals surface area contributed by atoms with Crippen molar-refractivity contribution in [1.82, 2.24) is 9.80 Å². The summed E-state index contributed by atoms with van der Waals surface area (Å²) >= 11 is 0. The maximum Gasteiger partial charge on any atom is 0.245 e. The van der Waals surface area contributed by atoms with Gasteiger partial charge in [-0.05, 0) is 42.7 Å². The van der Waals surface area contributed by atoms with E-state index in [2.05, 4.69) is 4.90 Å². The van der Waals surface area contributed by atoms with Crippen LogP contribution in [0, 0.1) is 5.82 Å². The van der Waals surface area contributed by atoms with Crippen LogP contribution in [-0.2, 0) is 16.1 Å². The molecule has 7 heteroatoms. The second-order valence-electron chi connectivity index (χ2n) is 8.04. The fourth-order valence-electron chi connectivity index (χ4n) is 4.43. The van der Waals surface area contributed by atoms with Gasteiger partial charge >= 0.3 is 0 Å². The standard InChI is InChI=1S/C24H28FN3O3/c1-31-22-7-3-2-5-20(22)26-13-15-27(16-14-26)24(30)21-6-4-8-23(29)28(21)17-18-9-11-19(25)12-10-18/h2-3,5,7,9-12,21H,4,6,8,13-17H2,1H3. The molecule has 164 valence electrons. The van der Waals surface area contributed by atoms with Crippen molar-refractivity contribution >= 4 is 17.5 Å². The Morgan fingerprint density at radius 2 is 1.77 bits per heavy atom. The number of ether oxygens (including phenoxy) is 1. The van der Waals surface area contributed by atoms with E-state index in [4.69, 9.17) is 4.74 Å². The van der Waals surface area contributed by atoms with Gasteiger partial charge in [0.15, 0.2) is 0 Å². The molecule has 1 unspecified atom stereocenters. The molecule has 6 nitrogen and oxygen atoms in total. The molecule has 2 aliphatic heterocycles. The van der Waals surface area contributed by atoms with Crippen LogP contribution in [0.4, 0.5) is 10.1 Å². The highest BCUT2D eigenvalue weighted by Crippen LogP contribution is 2.29. The average Bonchev–Trinajstić information content (AvgIpc) is 2.81. The van der Waals surface area contributed by atoms with Crippen molar-refractivity contribution in [2.24, 2.45) is 0 Å². The van der Waals surface area contributed by atoms with E-state index >= 15 is 0 Å². The molecular weight excluding hydrogens is 397 g/mol. The lowest BCUT2D eigenvalue weighted by Gasteiger charge is -2.41. The number of benzene rings is 2. The molecule has 0 bridgehead atoms. The van der Waals surface area contributed by atoms with Crippen molar-refractivity contribution in [3.63, 3.8) is 0 Å². The zero-order valence-electron chi connectivity index (χ0n) is 17.8. The first-order valence-corrected chi connectivity index (χ1v) is 10.8. The first kappa shape index (κ1) is 21.2. The minimum absolute atomic E-state index is 0.00911. The number of carbonyl (C=O) groups excluding carboxylic acids is 2. The summed E-state index contributed by atoms with van der Waals surface area (Å²) in [6.07, 6.45) is 1.83. The van der Waals surface area contributed by atoms with Gasteiger partial charge < -0.3 is 19.4 Å². The van der Waals surface area contributed by atoms with Gasteiger partial charge in [0, 0.05) is 39.1 Å². The molecule has 0 aliphatic carbocycles. The molecular formula is C24H28FN3O3. The maximum absolute atomic E-state index is 13.3. The number of rotatable bonds is 5. The Hall–Kier alpha value is -3.09. The SMILES string of the molecule is COc1ccccc1N1CCN(C(=O)C2CCCC(=O)N2Cc2ccc(F)cc2)CC1. The number of piperidine rings is 1. The van der Waals surface area contributed by atoms with Gasteiger partial charge in [0.2, 0.25) is 11.8 Å². The van der Waals surface area contributed by atoms with Crippen molar-refractivity contribution in [3.05, 3.63) is 59.9 Å². The Kier molecular flexibility index (Phi) is 6.39. The molecule has 2 saturated heterocycles. The fraction of sp³-hybridized carbons (Fsp3) is 0.417. The van der Waals surface area contributed by atoms with E-state index in [1.54, 1.807) is 24.1 Å². The Morgan fingerprint density at radius 3 is 2.48 bits per heavy atom. The molecule has 0 aromatic heterocycles. The highest BCUT2D eigenvalue weighted by molar-refractivity contribution is 5.89. The number of methoxy groups -OCH3 is 1. The lowest BCUT2D eigenvalue weighted by atomic mass is 9.98. The van der Waals surface area contributed by atoms with E-state index in [9.17, 15) is 14.0 Å². The number of halogens is 1. The molecule has 0 N–H and O–H groups in total. The molecule has 2 aromatic rings. The second kappa shape index (κ2) is 9.37. The van der Waals surface area contributed by atoms with Crippen LogP contribution in [0.15, 0.2) is 48.5 Å². The van der Waals surface area contributed by atoms with Crippen LogP contribution < -0.4 is 9.64 Å². The number of hydrogen-bond acceptors (Lipinski definition) is 4. The summed E-state index contributed by atoms with van der Waals surface area (Å²) in [6.45, 7) is 2.96. The van der Waals surface area contributed by atoms with Crippen molar-refractivity contribution in [2.75, 3.05) is 38.2 Å². The van der Waals surface area contributed by atoms with E-state index in [-0.39, 0.29) is 17.6 Å². The number of para-hydroxylation sites is 2. The van der Waals surface area contributed by atoms with Gasteiger partial charge in [-0.2, -0.15) is 0 Å². The molecule has 1 atom stereocenters. The second-order valence-corrected chi connectivity index (χ2v) is 8.04. The minimum atomic E-state index is -0.455. The van der Waals surface area contributed by atoms with Gasteiger partial charge in [0.05, 0.1) is 12.8 Å². The summed E-state index contributed by atoms with van der Waals surface area (Å²) in [7, 11) is 1.66. The Balaban J connectivity index is 1.43. The van der Waals surface area contributed by atoms with Gasteiger partial charge in [0.25, 0.3) is 0 Å². The Bertz CT molecular complexity index is 926. The van der Waals surface area contributed by atoms with Gasteiger partial charge in [0.1, 0.15) is 17.6 Å². The molecule has 4 rings (SSSR count). The molecule has 0 saturated carbocycles. The molecule has 31 heavy (non-hydrogen) atoms. The Morgan fingerprint density at radius 1 is 1.06 bits per heavy atom. The molecule has 2 fully saturated rings. The summed E-state index contributed by atoms with van der Waals surface area (Å²) < 4.78 is 18.7. The first-order valence-electron chi connectivity index (χ1n) is 10.8. The number of anilines is 1. The number of piperazine rings is 1. The van der Waals surface area contributed by atoms with Gasteiger partial charge in [-0.25, -0.2) is 4.39 Å². The van der Waals surface area contributed by atoms with Crippen LogP contribution in [-0.4, -0.2) is 60.9 Å². The van der Waals surface area contributed by atoms with Crippen LogP contribution in [0.5, 0.6) is 5.75 Å². The molecule has 2 heterocycles. The molecule has 0 radical (unpaired) electrons. The van der Waals surface area contributed by atoms with Crippen LogP contribution >= 0.6 is 0 Å². The summed E-state index contributed by atoms with van der Waals surface area (Å²) in [5.74, 6) is 0.510. The molecule has 2 aromatic carbocycles. The number of likely N-dealkylation sites (tertiary alicyclic amines) is 1. The third kappa shape index (κ3) is 4.65. The summed E-state index contributed by atoms with van der Waals surface area (Å²) in [5.41, 5.74) is 1.86. The normalized spacial score (nSPS) is 19.5. The summed E-state index contributed by atoms with van der Waals surface area (Å²) in [5, 5.41) is 0. The molecule has 2 aliphatic rings. The number of nitrogens with zero attached hydrogens (tertiary/aromatic N) is 3. The quantitative estimate of drug-likeness (QED) is 0.739. The number of carbonyl (C=O) groups is 2. The van der Waals surface area contributed by atoms with E-state index in [0.717, 1.165) is 23.4 Å². The highest BCUT2D eigenvalue weighted by Gasteiger charge is 2.36. The summed E-state index contributed by atoms with van der Waals surface area (Å²) in [4.78, 5) is 31.7. The van der Waals surface area contributed by atoms with Crippen molar-refractivity contribution in [2.45, 2.75) is 31.8 Å². The van der Waals surface area contributed by atoms with Crippen LogP contribution in [0.2, 0.25) is 0 Å². The average molecular weight is 426 g/mol. The van der Waals surface area contributed by atoms with Gasteiger partial charge in [-0.1, -0.05) is 24.3 Å². The number of amides is 2. The maximum atomic E-state index is 13.3. The topological polar surface area (TPSA) is 53.1 Å². The van der Waals surface area contributed by atoms with Crippen molar-refractivity contribution in [3.8, 4) is 5.75 Å².